The Balaban J connectivity index is 1.25. The number of aromatic nitrogens is 1. The van der Waals surface area contributed by atoms with E-state index >= 15 is 0 Å². The number of fused-ring (bicyclic) bond motifs is 3. The third kappa shape index (κ3) is 6.91. The van der Waals surface area contributed by atoms with Crippen molar-refractivity contribution in [2.75, 3.05) is 19.0 Å². The molecule has 3 aliphatic rings. The first-order valence-corrected chi connectivity index (χ1v) is 18.1. The highest BCUT2D eigenvalue weighted by Crippen LogP contribution is 2.56. The molecule has 1 unspecified atom stereocenters. The van der Waals surface area contributed by atoms with Crippen LogP contribution in [-0.2, 0) is 29.6 Å². The Hall–Kier alpha value is -3.09. The lowest BCUT2D eigenvalue weighted by atomic mass is 9.59. The molecule has 1 heterocycles. The highest BCUT2D eigenvalue weighted by atomic mass is 35.5. The van der Waals surface area contributed by atoms with Crippen molar-refractivity contribution in [1.29, 1.82) is 0 Å². The van der Waals surface area contributed by atoms with E-state index in [-0.39, 0.29) is 5.41 Å². The number of pyridine rings is 1. The number of rotatable bonds is 11. The lowest BCUT2D eigenvalue weighted by molar-refractivity contribution is -0.144. The Kier molecular flexibility index (Phi) is 9.92. The van der Waals surface area contributed by atoms with Gasteiger partial charge in [-0.05, 0) is 143 Å². The van der Waals surface area contributed by atoms with Gasteiger partial charge < -0.3 is 15.2 Å². The summed E-state index contributed by atoms with van der Waals surface area (Å²) >= 11 is 6.28. The van der Waals surface area contributed by atoms with Crippen molar-refractivity contribution in [1.82, 2.24) is 9.88 Å². The van der Waals surface area contributed by atoms with Gasteiger partial charge in [0.15, 0.2) is 0 Å². The number of hydrogen-bond donors (Lipinski definition) is 2. The zero-order valence-corrected chi connectivity index (χ0v) is 29.6. The molecule has 0 bridgehead atoms. The Morgan fingerprint density at radius 3 is 2.64 bits per heavy atom. The van der Waals surface area contributed by atoms with E-state index in [0.717, 1.165) is 50.1 Å². The van der Waals surface area contributed by atoms with E-state index in [9.17, 15) is 9.90 Å². The minimum absolute atomic E-state index is 0.0602. The number of benzene rings is 2. The van der Waals surface area contributed by atoms with Crippen molar-refractivity contribution in [2.45, 2.75) is 115 Å². The topological polar surface area (TPSA) is 74.7 Å². The van der Waals surface area contributed by atoms with Crippen LogP contribution in [0, 0.1) is 11.8 Å². The number of carboxylic acid groups (broad SMARTS) is 1. The van der Waals surface area contributed by atoms with Crippen LogP contribution < -0.4 is 10.1 Å². The maximum Gasteiger partial charge on any atom is 0.329 e. The molecule has 1 aromatic heterocycles. The smallest absolute Gasteiger partial charge is 0.329 e. The minimum Gasteiger partial charge on any atom is -0.493 e. The van der Waals surface area contributed by atoms with Gasteiger partial charge in [-0.1, -0.05) is 49.7 Å². The molecule has 1 spiro atoms. The predicted molar refractivity (Wildman–Crippen MR) is 191 cm³/mol. The summed E-state index contributed by atoms with van der Waals surface area (Å²) in [5.41, 5.74) is 6.40. The third-order valence-electron chi connectivity index (χ3n) is 11.7. The SMILES string of the molecule is CC(C)N(C)Cc1ccc2c(c1)C1(CCC(Nc3cccc(Cl)c3)(C(=O)O)CC1)C(C[C@@H](C)COc1ccnc3c1[C@H](C)CCC3)C2. The largest absolute Gasteiger partial charge is 0.493 e. The molecule has 1 fully saturated rings. The molecule has 6 nitrogen and oxygen atoms in total. The number of nitrogens with zero attached hydrogens (tertiary/aromatic N) is 2. The van der Waals surface area contributed by atoms with Crippen LogP contribution in [0.1, 0.15) is 107 Å². The maximum absolute atomic E-state index is 12.9. The quantitative estimate of drug-likeness (QED) is 0.214. The molecular formula is C40H52ClN3O3. The van der Waals surface area contributed by atoms with Gasteiger partial charge in [0.2, 0.25) is 0 Å². The van der Waals surface area contributed by atoms with Gasteiger partial charge in [-0.3, -0.25) is 9.88 Å². The number of aliphatic carboxylic acids is 1. The zero-order chi connectivity index (χ0) is 33.3. The molecule has 1 saturated carbocycles. The fraction of sp³-hybridized carbons (Fsp3) is 0.550. The molecule has 0 aliphatic heterocycles. The molecule has 0 saturated heterocycles. The van der Waals surface area contributed by atoms with E-state index in [1.807, 2.05) is 30.5 Å². The standard InChI is InChI=1S/C40H52ClN3O3/c1-26(2)44(5)24-29-12-13-30-22-31(20-27(3)25-47-36-14-19-42-35-11-6-8-28(4)37(35)36)39(34(30)21-29)15-17-40(18-16-39,38(45)46)43-33-10-7-9-32(41)23-33/h7,9-10,12-14,19,21,23,26-28,31,43H,6,8,11,15-18,20,22,24-25H2,1-5H3,(H,45,46)/t27-,28-,31?,39?,40?/m1/s1. The van der Waals surface area contributed by atoms with E-state index in [1.54, 1.807) is 0 Å². The fourth-order valence-corrected chi connectivity index (χ4v) is 8.90. The Labute approximate surface area is 286 Å². The summed E-state index contributed by atoms with van der Waals surface area (Å²) in [6.07, 6.45) is 10.2. The van der Waals surface area contributed by atoms with Gasteiger partial charge in [0, 0.05) is 40.8 Å². The van der Waals surface area contributed by atoms with E-state index in [2.05, 4.69) is 74.2 Å². The molecule has 6 rings (SSSR count). The number of aryl methyl sites for hydroxylation is 1. The summed E-state index contributed by atoms with van der Waals surface area (Å²) in [6, 6.07) is 17.1. The van der Waals surface area contributed by atoms with Crippen LogP contribution >= 0.6 is 11.6 Å². The number of nitrogens with one attached hydrogen (secondary N) is 1. The predicted octanol–water partition coefficient (Wildman–Crippen LogP) is 9.04. The van der Waals surface area contributed by atoms with Crippen LogP contribution in [-0.4, -0.2) is 46.2 Å². The van der Waals surface area contributed by atoms with Crippen LogP contribution in [0.3, 0.4) is 0 Å². The Morgan fingerprint density at radius 2 is 1.91 bits per heavy atom. The molecule has 2 aromatic carbocycles. The van der Waals surface area contributed by atoms with Gasteiger partial charge >= 0.3 is 5.97 Å². The monoisotopic (exact) mass is 657 g/mol. The van der Waals surface area contributed by atoms with Crippen LogP contribution in [0.4, 0.5) is 5.69 Å². The maximum atomic E-state index is 12.9. The summed E-state index contributed by atoms with van der Waals surface area (Å²) in [4.78, 5) is 20.0. The Morgan fingerprint density at radius 1 is 1.13 bits per heavy atom. The number of ether oxygens (including phenoxy) is 1. The normalized spacial score (nSPS) is 25.9. The molecule has 252 valence electrons. The highest BCUT2D eigenvalue weighted by molar-refractivity contribution is 6.30. The van der Waals surface area contributed by atoms with Crippen molar-refractivity contribution in [3.8, 4) is 5.75 Å². The number of anilines is 1. The average Bonchev–Trinajstić information content (AvgIpc) is 3.32. The first kappa shape index (κ1) is 33.8. The number of halogens is 1. The van der Waals surface area contributed by atoms with Crippen molar-refractivity contribution in [3.63, 3.8) is 0 Å². The molecule has 3 atom stereocenters. The first-order valence-electron chi connectivity index (χ1n) is 17.7. The van der Waals surface area contributed by atoms with E-state index in [0.29, 0.717) is 48.3 Å². The van der Waals surface area contributed by atoms with E-state index in [4.69, 9.17) is 16.3 Å². The van der Waals surface area contributed by atoms with Crippen LogP contribution in [0.5, 0.6) is 5.75 Å². The van der Waals surface area contributed by atoms with Crippen LogP contribution in [0.25, 0.3) is 0 Å². The molecule has 2 N–H and O–H groups in total. The number of hydrogen-bond acceptors (Lipinski definition) is 5. The number of carbonyl (C=O) groups is 1. The summed E-state index contributed by atoms with van der Waals surface area (Å²) < 4.78 is 6.58. The molecule has 3 aromatic rings. The minimum atomic E-state index is -1.02. The lowest BCUT2D eigenvalue weighted by Gasteiger charge is -2.47. The molecule has 7 heteroatoms. The summed E-state index contributed by atoms with van der Waals surface area (Å²) in [6.45, 7) is 10.7. The molecule has 0 radical (unpaired) electrons. The first-order chi connectivity index (χ1) is 22.5. The van der Waals surface area contributed by atoms with Crippen molar-refractivity contribution < 1.29 is 14.6 Å². The summed E-state index contributed by atoms with van der Waals surface area (Å²) in [5.74, 6) is 1.49. The molecule has 47 heavy (non-hydrogen) atoms. The molecule has 0 amide bonds. The molecular weight excluding hydrogens is 606 g/mol. The van der Waals surface area contributed by atoms with Crippen molar-refractivity contribution >= 4 is 23.3 Å². The Bertz CT molecular complexity index is 1580. The fourth-order valence-electron chi connectivity index (χ4n) is 8.71. The number of carboxylic acids is 1. The van der Waals surface area contributed by atoms with Gasteiger partial charge in [-0.25, -0.2) is 4.79 Å². The highest BCUT2D eigenvalue weighted by Gasteiger charge is 2.54. The van der Waals surface area contributed by atoms with Gasteiger partial charge in [-0.2, -0.15) is 0 Å². The second-order valence-corrected chi connectivity index (χ2v) is 15.6. The molecule has 3 aliphatic carbocycles. The van der Waals surface area contributed by atoms with Crippen LogP contribution in [0.2, 0.25) is 5.02 Å². The van der Waals surface area contributed by atoms with E-state index in [1.165, 1.54) is 40.8 Å². The second kappa shape index (κ2) is 13.8. The van der Waals surface area contributed by atoms with Gasteiger partial charge in [0.05, 0.1) is 6.61 Å². The second-order valence-electron chi connectivity index (χ2n) is 15.2. The van der Waals surface area contributed by atoms with E-state index < -0.39 is 11.5 Å². The van der Waals surface area contributed by atoms with Gasteiger partial charge in [0.1, 0.15) is 11.3 Å². The van der Waals surface area contributed by atoms with Gasteiger partial charge in [0.25, 0.3) is 0 Å². The van der Waals surface area contributed by atoms with Gasteiger partial charge in [-0.15, -0.1) is 0 Å². The van der Waals surface area contributed by atoms with Crippen molar-refractivity contribution in [3.05, 3.63) is 87.7 Å². The zero-order valence-electron chi connectivity index (χ0n) is 28.8. The average molecular weight is 658 g/mol. The summed E-state index contributed by atoms with van der Waals surface area (Å²) in [7, 11) is 2.18. The lowest BCUT2D eigenvalue weighted by Crippen LogP contribution is -2.53. The third-order valence-corrected chi connectivity index (χ3v) is 11.9. The van der Waals surface area contributed by atoms with Crippen molar-refractivity contribution in [2.24, 2.45) is 11.8 Å². The summed E-state index contributed by atoms with van der Waals surface area (Å²) in [5, 5.41) is 14.6. The van der Waals surface area contributed by atoms with Crippen LogP contribution in [0.15, 0.2) is 54.7 Å².